The van der Waals surface area contributed by atoms with Crippen LogP contribution in [0.4, 0.5) is 0 Å². The molecule has 0 unspecified atom stereocenters. The molecule has 0 radical (unpaired) electrons. The van der Waals surface area contributed by atoms with Crippen LogP contribution >= 0.6 is 11.3 Å². The van der Waals surface area contributed by atoms with E-state index in [-0.39, 0.29) is 5.75 Å². The predicted octanol–water partition coefficient (Wildman–Crippen LogP) is 3.32. The maximum atomic E-state index is 9.73. The van der Waals surface area contributed by atoms with Gasteiger partial charge in [0.2, 0.25) is 4.80 Å². The number of aryl methyl sites for hydroxylation is 1. The fourth-order valence-electron chi connectivity index (χ4n) is 1.84. The van der Waals surface area contributed by atoms with Crippen molar-refractivity contribution in [2.75, 3.05) is 13.2 Å². The van der Waals surface area contributed by atoms with Crippen LogP contribution in [0.15, 0.2) is 45.8 Å². The van der Waals surface area contributed by atoms with Gasteiger partial charge in [0.25, 0.3) is 0 Å². The highest BCUT2D eigenvalue weighted by atomic mass is 32.1. The quantitative estimate of drug-likeness (QED) is 0.652. The summed E-state index contributed by atoms with van der Waals surface area (Å²) >= 11 is 1.54. The van der Waals surface area contributed by atoms with Gasteiger partial charge in [0.15, 0.2) is 11.5 Å². The molecule has 122 valence electrons. The van der Waals surface area contributed by atoms with E-state index in [0.717, 1.165) is 21.6 Å². The Kier molecular flexibility index (Phi) is 5.76. The van der Waals surface area contributed by atoms with E-state index in [4.69, 9.17) is 4.74 Å². The average Bonchev–Trinajstić information content (AvgIpc) is 2.86. The summed E-state index contributed by atoms with van der Waals surface area (Å²) in [5.41, 5.74) is 2.86. The third-order valence-corrected chi connectivity index (χ3v) is 3.91. The van der Waals surface area contributed by atoms with Gasteiger partial charge in [-0.05, 0) is 44.5 Å². The van der Waals surface area contributed by atoms with Gasteiger partial charge in [0.05, 0.1) is 25.1 Å². The van der Waals surface area contributed by atoms with E-state index in [1.807, 2.05) is 26.2 Å². The van der Waals surface area contributed by atoms with Crippen molar-refractivity contribution in [3.63, 3.8) is 0 Å². The molecule has 6 heteroatoms. The van der Waals surface area contributed by atoms with Crippen LogP contribution in [0.2, 0.25) is 0 Å². The number of benzene rings is 1. The maximum absolute atomic E-state index is 9.73. The van der Waals surface area contributed by atoms with Crippen molar-refractivity contribution in [2.24, 2.45) is 10.1 Å². The molecule has 0 amide bonds. The topological polar surface area (TPSA) is 59.1 Å². The first kappa shape index (κ1) is 17.0. The van der Waals surface area contributed by atoms with Gasteiger partial charge in [-0.2, -0.15) is 5.10 Å². The molecule has 0 fully saturated rings. The number of phenols is 1. The van der Waals surface area contributed by atoms with E-state index in [1.165, 1.54) is 0 Å². The lowest BCUT2D eigenvalue weighted by molar-refractivity contribution is 0.318. The molecular weight excluding hydrogens is 310 g/mol. The van der Waals surface area contributed by atoms with Crippen molar-refractivity contribution in [2.45, 2.75) is 20.8 Å². The highest BCUT2D eigenvalue weighted by Gasteiger charge is 2.03. The number of aromatic hydroxyl groups is 1. The Bertz CT molecular complexity index is 787. The van der Waals surface area contributed by atoms with Gasteiger partial charge in [-0.25, -0.2) is 4.68 Å². The van der Waals surface area contributed by atoms with E-state index in [0.29, 0.717) is 18.9 Å². The van der Waals surface area contributed by atoms with Crippen LogP contribution in [-0.2, 0) is 0 Å². The molecule has 2 aromatic rings. The Balaban J connectivity index is 2.30. The fourth-order valence-corrected chi connectivity index (χ4v) is 2.65. The summed E-state index contributed by atoms with van der Waals surface area (Å²) in [7, 11) is 0. The summed E-state index contributed by atoms with van der Waals surface area (Å²) in [5, 5.41) is 16.2. The van der Waals surface area contributed by atoms with Crippen LogP contribution in [0.3, 0.4) is 0 Å². The second-order valence-electron chi connectivity index (χ2n) is 5.15. The molecule has 0 bridgehead atoms. The lowest BCUT2D eigenvalue weighted by atomic mass is 10.2. The zero-order valence-electron chi connectivity index (χ0n) is 13.6. The minimum Gasteiger partial charge on any atom is -0.504 e. The average molecular weight is 331 g/mol. The number of ether oxygens (including phenoxy) is 1. The first-order valence-electron chi connectivity index (χ1n) is 7.33. The van der Waals surface area contributed by atoms with Gasteiger partial charge < -0.3 is 9.84 Å². The van der Waals surface area contributed by atoms with Gasteiger partial charge in [-0.1, -0.05) is 12.2 Å². The molecule has 23 heavy (non-hydrogen) atoms. The number of hydrogen-bond donors (Lipinski definition) is 1. The third-order valence-electron chi connectivity index (χ3n) is 2.94. The highest BCUT2D eigenvalue weighted by molar-refractivity contribution is 7.07. The molecule has 1 aromatic heterocycles. The first-order chi connectivity index (χ1) is 11.0. The van der Waals surface area contributed by atoms with E-state index in [1.54, 1.807) is 40.4 Å². The van der Waals surface area contributed by atoms with E-state index in [9.17, 15) is 5.11 Å². The first-order valence-corrected chi connectivity index (χ1v) is 8.21. The Morgan fingerprint density at radius 3 is 2.96 bits per heavy atom. The number of aromatic nitrogens is 1. The lowest BCUT2D eigenvalue weighted by Gasteiger charge is -2.06. The maximum Gasteiger partial charge on any atom is 0.206 e. The number of phenolic OH excluding ortho intramolecular Hbond substituents is 1. The molecule has 0 aliphatic rings. The summed E-state index contributed by atoms with van der Waals surface area (Å²) < 4.78 is 7.17. The van der Waals surface area contributed by atoms with E-state index < -0.39 is 0 Å². The van der Waals surface area contributed by atoms with Crippen LogP contribution in [0, 0.1) is 6.92 Å². The number of rotatable bonds is 6. The highest BCUT2D eigenvalue weighted by Crippen LogP contribution is 2.26. The van der Waals surface area contributed by atoms with Crippen molar-refractivity contribution in [3.05, 3.63) is 51.8 Å². The Hall–Kier alpha value is -2.34. The number of thiazole rings is 1. The normalized spacial score (nSPS) is 12.0. The molecule has 0 atom stereocenters. The second-order valence-corrected chi connectivity index (χ2v) is 5.99. The van der Waals surface area contributed by atoms with E-state index in [2.05, 4.69) is 16.7 Å². The van der Waals surface area contributed by atoms with Crippen LogP contribution < -0.4 is 9.54 Å². The zero-order chi connectivity index (χ0) is 16.8. The summed E-state index contributed by atoms with van der Waals surface area (Å²) in [4.78, 5) is 5.33. The zero-order valence-corrected chi connectivity index (χ0v) is 14.4. The van der Waals surface area contributed by atoms with Crippen molar-refractivity contribution in [3.8, 4) is 11.5 Å². The number of nitrogens with zero attached hydrogens (tertiary/aromatic N) is 3. The molecule has 0 saturated carbocycles. The largest absolute Gasteiger partial charge is 0.504 e. The van der Waals surface area contributed by atoms with Crippen LogP contribution in [-0.4, -0.2) is 29.1 Å². The van der Waals surface area contributed by atoms with Gasteiger partial charge >= 0.3 is 0 Å². The molecule has 0 aliphatic carbocycles. The fraction of sp³-hybridized carbons (Fsp3) is 0.294. The van der Waals surface area contributed by atoms with Gasteiger partial charge in [0, 0.05) is 5.38 Å². The van der Waals surface area contributed by atoms with Crippen molar-refractivity contribution in [1.82, 2.24) is 4.68 Å². The van der Waals surface area contributed by atoms with Crippen LogP contribution in [0.5, 0.6) is 11.5 Å². The Morgan fingerprint density at radius 1 is 1.48 bits per heavy atom. The molecule has 0 aliphatic heterocycles. The van der Waals surface area contributed by atoms with Gasteiger partial charge in [-0.3, -0.25) is 4.99 Å². The Morgan fingerprint density at radius 2 is 2.26 bits per heavy atom. The molecule has 2 rings (SSSR count). The van der Waals surface area contributed by atoms with Crippen molar-refractivity contribution >= 4 is 17.6 Å². The standard InChI is InChI=1S/C17H21N3O2S/c1-5-22-16-8-14(6-7-15(16)21)10-19-20-13(4)11-23-17(20)18-9-12(2)3/h6-8,10-11,21H,2,5,9H2,1,3-4H3. The molecule has 0 spiro atoms. The second kappa shape index (κ2) is 7.78. The van der Waals surface area contributed by atoms with Crippen LogP contribution in [0.1, 0.15) is 25.1 Å². The SMILES string of the molecule is C=C(C)CN=c1scc(C)n1N=Cc1ccc(O)c(OCC)c1. The van der Waals surface area contributed by atoms with Gasteiger partial charge in [0.1, 0.15) is 0 Å². The predicted molar refractivity (Wildman–Crippen MR) is 94.6 cm³/mol. The molecule has 0 saturated heterocycles. The molecule has 1 heterocycles. The summed E-state index contributed by atoms with van der Waals surface area (Å²) in [6, 6.07) is 5.15. The monoisotopic (exact) mass is 331 g/mol. The lowest BCUT2D eigenvalue weighted by Crippen LogP contribution is -2.13. The summed E-state index contributed by atoms with van der Waals surface area (Å²) in [5.74, 6) is 0.580. The molecule has 1 N–H and O–H groups in total. The minimum absolute atomic E-state index is 0.125. The van der Waals surface area contributed by atoms with Gasteiger partial charge in [-0.15, -0.1) is 11.3 Å². The minimum atomic E-state index is 0.125. The third kappa shape index (κ3) is 4.56. The van der Waals surface area contributed by atoms with Crippen molar-refractivity contribution in [1.29, 1.82) is 0 Å². The smallest absolute Gasteiger partial charge is 0.206 e. The number of hydrogen-bond acceptors (Lipinski definition) is 5. The molecular formula is C17H21N3O2S. The van der Waals surface area contributed by atoms with Crippen molar-refractivity contribution < 1.29 is 9.84 Å². The van der Waals surface area contributed by atoms with E-state index >= 15 is 0 Å². The summed E-state index contributed by atoms with van der Waals surface area (Å²) in [6.45, 7) is 10.7. The molecule has 5 nitrogen and oxygen atoms in total. The molecule has 1 aromatic carbocycles. The van der Waals surface area contributed by atoms with Crippen LogP contribution in [0.25, 0.3) is 0 Å². The Labute approximate surface area is 139 Å². The summed E-state index contributed by atoms with van der Waals surface area (Å²) in [6.07, 6.45) is 1.72.